The molecule has 76 valence electrons. The van der Waals surface area contributed by atoms with Crippen LogP contribution in [0.15, 0.2) is 4.52 Å². The van der Waals surface area contributed by atoms with Crippen molar-refractivity contribution in [1.82, 2.24) is 5.16 Å². The van der Waals surface area contributed by atoms with Crippen molar-refractivity contribution in [3.63, 3.8) is 0 Å². The second kappa shape index (κ2) is 3.82. The first-order chi connectivity index (χ1) is 6.83. The maximum Gasteiger partial charge on any atom is 0.360 e. The molecule has 14 heavy (non-hydrogen) atoms. The third-order valence-electron chi connectivity index (χ3n) is 2.58. The van der Waals surface area contributed by atoms with Gasteiger partial charge in [0.2, 0.25) is 0 Å². The maximum atomic E-state index is 11.3. The summed E-state index contributed by atoms with van der Waals surface area (Å²) in [6.45, 7) is 0. The maximum absolute atomic E-state index is 11.3. The van der Waals surface area contributed by atoms with Crippen LogP contribution in [0, 0.1) is 0 Å². The number of esters is 1. The lowest BCUT2D eigenvalue weighted by atomic mass is 10.1. The highest BCUT2D eigenvalue weighted by atomic mass is 16.5. The summed E-state index contributed by atoms with van der Waals surface area (Å²) < 4.78 is 9.78. The van der Waals surface area contributed by atoms with E-state index in [4.69, 9.17) is 4.52 Å². The van der Waals surface area contributed by atoms with Gasteiger partial charge in [0.25, 0.3) is 0 Å². The standard InChI is InChI=1S/C10H13NO3/c1-13-10(12)9-7-5-3-2-4-6-8(7)14-11-9/h2-6H2,1H3. The highest BCUT2D eigenvalue weighted by Crippen LogP contribution is 2.23. The summed E-state index contributed by atoms with van der Waals surface area (Å²) in [6, 6.07) is 0. The summed E-state index contributed by atoms with van der Waals surface area (Å²) in [5.74, 6) is 0.472. The average molecular weight is 195 g/mol. The van der Waals surface area contributed by atoms with E-state index in [-0.39, 0.29) is 0 Å². The molecule has 0 aliphatic heterocycles. The first-order valence-corrected chi connectivity index (χ1v) is 4.88. The van der Waals surface area contributed by atoms with Gasteiger partial charge in [-0.1, -0.05) is 11.6 Å². The largest absolute Gasteiger partial charge is 0.464 e. The third-order valence-corrected chi connectivity index (χ3v) is 2.58. The fourth-order valence-electron chi connectivity index (χ4n) is 1.82. The number of carbonyl (C=O) groups excluding carboxylic acids is 1. The Bertz CT molecular complexity index is 343. The SMILES string of the molecule is COC(=O)c1noc2c1CCCCC2. The Hall–Kier alpha value is -1.32. The first-order valence-electron chi connectivity index (χ1n) is 4.88. The van der Waals surface area contributed by atoms with Crippen LogP contribution in [-0.2, 0) is 17.6 Å². The van der Waals surface area contributed by atoms with Crippen molar-refractivity contribution >= 4 is 5.97 Å². The molecule has 0 spiro atoms. The highest BCUT2D eigenvalue weighted by molar-refractivity contribution is 5.88. The Kier molecular flexibility index (Phi) is 2.52. The number of hydrogen-bond donors (Lipinski definition) is 0. The Labute approximate surface area is 82.2 Å². The zero-order valence-electron chi connectivity index (χ0n) is 8.21. The van der Waals surface area contributed by atoms with Crippen LogP contribution in [0.2, 0.25) is 0 Å². The lowest BCUT2D eigenvalue weighted by Crippen LogP contribution is -2.05. The second-order valence-corrected chi connectivity index (χ2v) is 3.49. The number of fused-ring (bicyclic) bond motifs is 1. The summed E-state index contributed by atoms with van der Waals surface area (Å²) in [6.07, 6.45) is 5.16. The van der Waals surface area contributed by atoms with Crippen LogP contribution in [0.25, 0.3) is 0 Å². The molecule has 0 amide bonds. The molecule has 0 radical (unpaired) electrons. The normalized spacial score (nSPS) is 15.8. The van der Waals surface area contributed by atoms with Crippen molar-refractivity contribution in [2.75, 3.05) is 7.11 Å². The van der Waals surface area contributed by atoms with E-state index in [0.717, 1.165) is 37.0 Å². The number of ether oxygens (including phenoxy) is 1. The Balaban J connectivity index is 2.34. The monoisotopic (exact) mass is 195 g/mol. The van der Waals surface area contributed by atoms with E-state index in [1.54, 1.807) is 0 Å². The summed E-state index contributed by atoms with van der Waals surface area (Å²) >= 11 is 0. The van der Waals surface area contributed by atoms with Gasteiger partial charge < -0.3 is 9.26 Å². The molecule has 1 aromatic rings. The zero-order chi connectivity index (χ0) is 9.97. The van der Waals surface area contributed by atoms with E-state index in [0.29, 0.717) is 5.69 Å². The van der Waals surface area contributed by atoms with Gasteiger partial charge in [0, 0.05) is 12.0 Å². The fourth-order valence-corrected chi connectivity index (χ4v) is 1.82. The van der Waals surface area contributed by atoms with Crippen LogP contribution >= 0.6 is 0 Å². The van der Waals surface area contributed by atoms with Crippen LogP contribution in [0.5, 0.6) is 0 Å². The van der Waals surface area contributed by atoms with Gasteiger partial charge in [-0.25, -0.2) is 4.79 Å². The molecule has 0 N–H and O–H groups in total. The molecular weight excluding hydrogens is 182 g/mol. The summed E-state index contributed by atoms with van der Waals surface area (Å²) in [5.41, 5.74) is 1.32. The number of carbonyl (C=O) groups is 1. The predicted octanol–water partition coefficient (Wildman–Crippen LogP) is 1.73. The fraction of sp³-hybridized carbons (Fsp3) is 0.600. The van der Waals surface area contributed by atoms with Gasteiger partial charge in [-0.15, -0.1) is 0 Å². The van der Waals surface area contributed by atoms with Crippen molar-refractivity contribution in [3.8, 4) is 0 Å². The van der Waals surface area contributed by atoms with Gasteiger partial charge in [-0.2, -0.15) is 0 Å². The molecule has 0 unspecified atom stereocenters. The molecule has 1 aromatic heterocycles. The molecular formula is C10H13NO3. The molecule has 0 bridgehead atoms. The number of hydrogen-bond acceptors (Lipinski definition) is 4. The minimum absolute atomic E-state index is 0.365. The molecule has 2 rings (SSSR count). The lowest BCUT2D eigenvalue weighted by molar-refractivity contribution is 0.0588. The third kappa shape index (κ3) is 1.52. The molecule has 1 heterocycles. The van der Waals surface area contributed by atoms with Crippen LogP contribution in [0.4, 0.5) is 0 Å². The molecule has 1 aliphatic rings. The highest BCUT2D eigenvalue weighted by Gasteiger charge is 2.23. The molecule has 0 fully saturated rings. The van der Waals surface area contributed by atoms with Gasteiger partial charge in [-0.3, -0.25) is 0 Å². The summed E-state index contributed by atoms with van der Waals surface area (Å²) in [7, 11) is 1.36. The van der Waals surface area contributed by atoms with Gasteiger partial charge in [0.15, 0.2) is 5.69 Å². The van der Waals surface area contributed by atoms with Crippen molar-refractivity contribution in [1.29, 1.82) is 0 Å². The van der Waals surface area contributed by atoms with Gasteiger partial charge >= 0.3 is 5.97 Å². The average Bonchev–Trinajstić information content (AvgIpc) is 2.46. The van der Waals surface area contributed by atoms with E-state index in [9.17, 15) is 4.79 Å². The van der Waals surface area contributed by atoms with Crippen LogP contribution in [-0.4, -0.2) is 18.2 Å². The molecule has 0 saturated carbocycles. The van der Waals surface area contributed by atoms with Crippen molar-refractivity contribution < 1.29 is 14.1 Å². The lowest BCUT2D eigenvalue weighted by Gasteiger charge is -1.97. The Morgan fingerprint density at radius 1 is 1.36 bits per heavy atom. The molecule has 4 heteroatoms. The van der Waals surface area contributed by atoms with Crippen molar-refractivity contribution in [3.05, 3.63) is 17.0 Å². The number of aromatic nitrogens is 1. The number of aryl methyl sites for hydroxylation is 1. The quantitative estimate of drug-likeness (QED) is 0.506. The van der Waals surface area contributed by atoms with E-state index in [1.165, 1.54) is 13.5 Å². The van der Waals surface area contributed by atoms with Gasteiger partial charge in [0.1, 0.15) is 5.76 Å². The van der Waals surface area contributed by atoms with Crippen LogP contribution in [0.3, 0.4) is 0 Å². The minimum Gasteiger partial charge on any atom is -0.464 e. The number of methoxy groups -OCH3 is 1. The topological polar surface area (TPSA) is 52.3 Å². The van der Waals surface area contributed by atoms with E-state index in [2.05, 4.69) is 9.89 Å². The molecule has 0 atom stereocenters. The second-order valence-electron chi connectivity index (χ2n) is 3.49. The minimum atomic E-state index is -0.392. The molecule has 0 aromatic carbocycles. The first kappa shape index (κ1) is 9.24. The zero-order valence-corrected chi connectivity index (χ0v) is 8.21. The molecule has 4 nitrogen and oxygen atoms in total. The predicted molar refractivity (Wildman–Crippen MR) is 49.1 cm³/mol. The Morgan fingerprint density at radius 2 is 2.14 bits per heavy atom. The van der Waals surface area contributed by atoms with Crippen LogP contribution < -0.4 is 0 Å². The van der Waals surface area contributed by atoms with E-state index < -0.39 is 5.97 Å². The summed E-state index contributed by atoms with van der Waals surface area (Å²) in [4.78, 5) is 11.3. The Morgan fingerprint density at radius 3 is 2.93 bits per heavy atom. The smallest absolute Gasteiger partial charge is 0.360 e. The van der Waals surface area contributed by atoms with Crippen molar-refractivity contribution in [2.24, 2.45) is 0 Å². The summed E-state index contributed by atoms with van der Waals surface area (Å²) in [5, 5.41) is 3.76. The number of nitrogens with zero attached hydrogens (tertiary/aromatic N) is 1. The van der Waals surface area contributed by atoms with Crippen molar-refractivity contribution in [2.45, 2.75) is 32.1 Å². The van der Waals surface area contributed by atoms with E-state index >= 15 is 0 Å². The van der Waals surface area contributed by atoms with Gasteiger partial charge in [-0.05, 0) is 19.3 Å². The molecule has 0 saturated heterocycles. The van der Waals surface area contributed by atoms with E-state index in [1.807, 2.05) is 0 Å². The van der Waals surface area contributed by atoms with Crippen LogP contribution in [0.1, 0.15) is 41.1 Å². The molecule has 1 aliphatic carbocycles. The number of rotatable bonds is 1. The van der Waals surface area contributed by atoms with Gasteiger partial charge in [0.05, 0.1) is 7.11 Å².